The highest BCUT2D eigenvalue weighted by Gasteiger charge is 2.68. The third-order valence-corrected chi connectivity index (χ3v) is 5.47. The molecule has 1 aliphatic heterocycles. The molecular formula is C22H17F3N4O6. The molecule has 3 N–H and O–H groups in total. The van der Waals surface area contributed by atoms with Crippen molar-refractivity contribution in [2.75, 3.05) is 19.5 Å². The number of para-hydroxylation sites is 1. The zero-order valence-corrected chi connectivity index (χ0v) is 18.1. The molecule has 2 amide bonds. The summed E-state index contributed by atoms with van der Waals surface area (Å²) in [6, 6.07) is 10.9. The van der Waals surface area contributed by atoms with Gasteiger partial charge in [-0.3, -0.25) is 19.4 Å². The molecule has 1 aliphatic rings. The minimum absolute atomic E-state index is 0.0256. The first-order valence-corrected chi connectivity index (χ1v) is 9.93. The first-order valence-electron chi connectivity index (χ1n) is 9.93. The molecule has 1 aromatic heterocycles. The number of hydrogen-bond donors (Lipinski definition) is 3. The van der Waals surface area contributed by atoms with E-state index in [1.54, 1.807) is 10.3 Å². The van der Waals surface area contributed by atoms with Gasteiger partial charge in [-0.1, -0.05) is 12.1 Å². The van der Waals surface area contributed by atoms with Gasteiger partial charge in [0.15, 0.2) is 0 Å². The lowest BCUT2D eigenvalue weighted by Crippen LogP contribution is -2.62. The number of anilines is 1. The summed E-state index contributed by atoms with van der Waals surface area (Å²) in [5, 5.41) is 3.64. The molecule has 35 heavy (non-hydrogen) atoms. The third kappa shape index (κ3) is 3.61. The van der Waals surface area contributed by atoms with Gasteiger partial charge in [-0.15, -0.1) is 0 Å². The second kappa shape index (κ2) is 8.34. The highest BCUT2D eigenvalue weighted by molar-refractivity contribution is 6.10. The van der Waals surface area contributed by atoms with Gasteiger partial charge in [0.1, 0.15) is 22.9 Å². The number of aromatic nitrogens is 2. The van der Waals surface area contributed by atoms with Crippen molar-refractivity contribution in [2.45, 2.75) is 11.7 Å². The Labute approximate surface area is 194 Å². The van der Waals surface area contributed by atoms with Crippen molar-refractivity contribution < 1.29 is 32.2 Å². The van der Waals surface area contributed by atoms with Crippen molar-refractivity contribution in [2.24, 2.45) is 0 Å². The second-order valence-corrected chi connectivity index (χ2v) is 7.37. The van der Waals surface area contributed by atoms with E-state index in [0.717, 1.165) is 0 Å². The number of halogens is 3. The summed E-state index contributed by atoms with van der Waals surface area (Å²) >= 11 is 0. The number of ether oxygens (including phenoxy) is 2. The topological polar surface area (TPSA) is 132 Å². The van der Waals surface area contributed by atoms with Crippen LogP contribution in [-0.2, 0) is 10.3 Å². The standard InChI is InChI=1S/C22H17F3N4O6/c1-34-12-9-7-11(8-10-12)29-16-15(18(31)27-20(29)33)21(19(32)26-16,22(23,24)25)28-17(30)13-5-3-4-6-14(13)35-2/h3-10H,1-2H3,(H,26,32)(H,28,30)(H,27,31,33)/t21-/m1/s1. The molecule has 0 unspecified atom stereocenters. The Morgan fingerprint density at radius 2 is 1.66 bits per heavy atom. The molecule has 2 heterocycles. The summed E-state index contributed by atoms with van der Waals surface area (Å²) in [4.78, 5) is 52.9. The number of nitrogens with one attached hydrogen (secondary N) is 3. The zero-order chi connectivity index (χ0) is 25.5. The molecule has 0 aliphatic carbocycles. The lowest BCUT2D eigenvalue weighted by atomic mass is 9.91. The van der Waals surface area contributed by atoms with Gasteiger partial charge in [0.05, 0.1) is 25.5 Å². The van der Waals surface area contributed by atoms with Gasteiger partial charge in [-0.2, -0.15) is 13.2 Å². The molecule has 0 spiro atoms. The molecule has 2 aromatic carbocycles. The highest BCUT2D eigenvalue weighted by atomic mass is 19.4. The van der Waals surface area contributed by atoms with E-state index in [1.165, 1.54) is 62.8 Å². The molecule has 0 radical (unpaired) electrons. The number of hydrogen-bond acceptors (Lipinski definition) is 6. The van der Waals surface area contributed by atoms with Gasteiger partial charge in [0, 0.05) is 0 Å². The second-order valence-electron chi connectivity index (χ2n) is 7.37. The fourth-order valence-electron chi connectivity index (χ4n) is 3.83. The summed E-state index contributed by atoms with van der Waals surface area (Å²) in [7, 11) is 2.60. The average molecular weight is 490 g/mol. The Morgan fingerprint density at radius 3 is 2.26 bits per heavy atom. The van der Waals surface area contributed by atoms with Crippen LogP contribution in [0.2, 0.25) is 0 Å². The van der Waals surface area contributed by atoms with Gasteiger partial charge < -0.3 is 20.1 Å². The smallest absolute Gasteiger partial charge is 0.425 e. The number of nitrogens with zero attached hydrogens (tertiary/aromatic N) is 1. The van der Waals surface area contributed by atoms with E-state index in [0.29, 0.717) is 10.3 Å². The van der Waals surface area contributed by atoms with Crippen molar-refractivity contribution in [1.82, 2.24) is 14.9 Å². The Kier molecular flexibility index (Phi) is 5.63. The fourth-order valence-corrected chi connectivity index (χ4v) is 3.83. The number of aromatic amines is 1. The largest absolute Gasteiger partial charge is 0.497 e. The fraction of sp³-hybridized carbons (Fsp3) is 0.182. The summed E-state index contributed by atoms with van der Waals surface area (Å²) in [6.07, 6.45) is -5.48. The molecule has 4 rings (SSSR count). The van der Waals surface area contributed by atoms with Crippen LogP contribution in [0.3, 0.4) is 0 Å². The molecule has 0 saturated carbocycles. The molecule has 3 aromatic rings. The maximum Gasteiger partial charge on any atom is 0.425 e. The van der Waals surface area contributed by atoms with E-state index in [1.807, 2.05) is 5.32 Å². The van der Waals surface area contributed by atoms with Gasteiger partial charge >= 0.3 is 11.9 Å². The van der Waals surface area contributed by atoms with Gasteiger partial charge in [-0.25, -0.2) is 9.36 Å². The van der Waals surface area contributed by atoms with Crippen molar-refractivity contribution >= 4 is 17.6 Å². The van der Waals surface area contributed by atoms with E-state index in [4.69, 9.17) is 9.47 Å². The Bertz CT molecular complexity index is 1450. The zero-order valence-electron chi connectivity index (χ0n) is 18.1. The van der Waals surface area contributed by atoms with Crippen LogP contribution >= 0.6 is 0 Å². The van der Waals surface area contributed by atoms with E-state index < -0.39 is 46.2 Å². The number of rotatable bonds is 5. The molecule has 182 valence electrons. The first-order chi connectivity index (χ1) is 16.5. The number of alkyl halides is 3. The third-order valence-electron chi connectivity index (χ3n) is 5.47. The number of fused-ring (bicyclic) bond motifs is 1. The SMILES string of the molecule is COc1ccc(-n2c3c(c(=O)[nH]c2=O)[C@](NC(=O)c2ccccc2OC)(C(F)(F)F)C(=O)N3)cc1. The number of carbonyl (C=O) groups is 2. The van der Waals surface area contributed by atoms with E-state index in [9.17, 15) is 32.3 Å². The van der Waals surface area contributed by atoms with Gasteiger partial charge in [0.2, 0.25) is 0 Å². The Balaban J connectivity index is 1.96. The summed E-state index contributed by atoms with van der Waals surface area (Å²) < 4.78 is 54.4. The maximum atomic E-state index is 14.6. The number of H-pyrrole nitrogens is 1. The molecule has 0 saturated heterocycles. The summed E-state index contributed by atoms with van der Waals surface area (Å²) in [5.41, 5.74) is -7.86. The van der Waals surface area contributed by atoms with Crippen molar-refractivity contribution in [1.29, 1.82) is 0 Å². The molecule has 1 atom stereocenters. The number of benzene rings is 2. The van der Waals surface area contributed by atoms with E-state index in [-0.39, 0.29) is 17.0 Å². The number of methoxy groups -OCH3 is 2. The molecule has 13 heteroatoms. The predicted molar refractivity (Wildman–Crippen MR) is 116 cm³/mol. The highest BCUT2D eigenvalue weighted by Crippen LogP contribution is 2.45. The van der Waals surface area contributed by atoms with Crippen molar-refractivity contribution in [3.8, 4) is 17.2 Å². The van der Waals surface area contributed by atoms with Gasteiger partial charge in [-0.05, 0) is 36.4 Å². The Hall–Kier alpha value is -4.55. The van der Waals surface area contributed by atoms with Crippen LogP contribution in [0.15, 0.2) is 58.1 Å². The van der Waals surface area contributed by atoms with Crippen LogP contribution in [0.4, 0.5) is 19.0 Å². The van der Waals surface area contributed by atoms with Crippen molar-refractivity contribution in [3.63, 3.8) is 0 Å². The van der Waals surface area contributed by atoms with Crippen LogP contribution in [-0.4, -0.2) is 41.8 Å². The maximum absolute atomic E-state index is 14.6. The normalized spacial score (nSPS) is 16.9. The van der Waals surface area contributed by atoms with Crippen LogP contribution in [0.5, 0.6) is 11.5 Å². The van der Waals surface area contributed by atoms with E-state index >= 15 is 0 Å². The molecule has 0 bridgehead atoms. The Morgan fingerprint density at radius 1 is 1.00 bits per heavy atom. The monoisotopic (exact) mass is 490 g/mol. The quantitative estimate of drug-likeness (QED) is 0.499. The van der Waals surface area contributed by atoms with Crippen LogP contribution < -0.4 is 31.4 Å². The number of amides is 2. The molecule has 0 fully saturated rings. The molecular weight excluding hydrogens is 473 g/mol. The summed E-state index contributed by atoms with van der Waals surface area (Å²) in [6.45, 7) is 0. The van der Waals surface area contributed by atoms with Crippen LogP contribution in [0.25, 0.3) is 5.69 Å². The van der Waals surface area contributed by atoms with E-state index in [2.05, 4.69) is 0 Å². The minimum Gasteiger partial charge on any atom is -0.497 e. The van der Waals surface area contributed by atoms with Gasteiger partial charge in [0.25, 0.3) is 22.9 Å². The van der Waals surface area contributed by atoms with Crippen LogP contribution in [0.1, 0.15) is 15.9 Å². The predicted octanol–water partition coefficient (Wildman–Crippen LogP) is 1.68. The average Bonchev–Trinajstić information content (AvgIpc) is 3.12. The van der Waals surface area contributed by atoms with Crippen molar-refractivity contribution in [3.05, 3.63) is 80.5 Å². The number of carbonyl (C=O) groups excluding carboxylic acids is 2. The lowest BCUT2D eigenvalue weighted by molar-refractivity contribution is -0.196. The lowest BCUT2D eigenvalue weighted by Gasteiger charge is -2.30. The minimum atomic E-state index is -5.48. The summed E-state index contributed by atoms with van der Waals surface area (Å²) in [5.74, 6) is -3.49. The van der Waals surface area contributed by atoms with Crippen LogP contribution in [0, 0.1) is 0 Å². The molecule has 10 nitrogen and oxygen atoms in total. The first kappa shape index (κ1) is 23.6.